The lowest BCUT2D eigenvalue weighted by Gasteiger charge is -2.25. The fourth-order valence-corrected chi connectivity index (χ4v) is 5.38. The van der Waals surface area contributed by atoms with Crippen LogP contribution in [0.25, 0.3) is 0 Å². The van der Waals surface area contributed by atoms with Gasteiger partial charge in [-0.1, -0.05) is 49.1 Å². The molecule has 8 nitrogen and oxygen atoms in total. The normalized spacial score (nSPS) is 11.2. The Morgan fingerprint density at radius 1 is 1.14 bits per heavy atom. The fourth-order valence-electron chi connectivity index (χ4n) is 3.30. The van der Waals surface area contributed by atoms with Crippen LogP contribution in [0.1, 0.15) is 11.1 Å². The number of halogens is 1. The van der Waals surface area contributed by atoms with E-state index in [9.17, 15) is 13.2 Å². The molecule has 0 saturated heterocycles. The van der Waals surface area contributed by atoms with Crippen LogP contribution >= 0.6 is 15.9 Å². The maximum Gasteiger partial charge on any atom is 0.264 e. The van der Waals surface area contributed by atoms with Gasteiger partial charge in [0.15, 0.2) is 11.5 Å². The lowest BCUT2D eigenvalue weighted by molar-refractivity contribution is -0.119. The molecule has 188 valence electrons. The number of hydrogen-bond donors (Lipinski definition) is 1. The Kier molecular flexibility index (Phi) is 9.26. The summed E-state index contributed by atoms with van der Waals surface area (Å²) in [6, 6.07) is 18.4. The first-order valence-electron chi connectivity index (χ1n) is 10.8. The van der Waals surface area contributed by atoms with E-state index in [0.29, 0.717) is 39.4 Å². The van der Waals surface area contributed by atoms with Gasteiger partial charge in [0.2, 0.25) is 0 Å². The molecule has 0 unspecified atom stereocenters. The largest absolute Gasteiger partial charge is 0.493 e. The molecule has 0 aliphatic heterocycles. The third kappa shape index (κ3) is 6.52. The van der Waals surface area contributed by atoms with Gasteiger partial charge >= 0.3 is 0 Å². The van der Waals surface area contributed by atoms with Gasteiger partial charge in [-0.05, 0) is 64.3 Å². The number of ether oxygens (including phenoxy) is 2. The molecule has 0 saturated carbocycles. The molecule has 3 aromatic rings. The monoisotopic (exact) mass is 571 g/mol. The number of aryl methyl sites for hydroxylation is 1. The summed E-state index contributed by atoms with van der Waals surface area (Å²) in [5, 5.41) is 3.99. The third-order valence-corrected chi connectivity index (χ3v) is 7.37. The molecular weight excluding hydrogens is 546 g/mol. The lowest BCUT2D eigenvalue weighted by Crippen LogP contribution is -2.40. The van der Waals surface area contributed by atoms with E-state index in [2.05, 4.69) is 33.0 Å². The molecule has 0 fully saturated rings. The Hall–Kier alpha value is -3.63. The molecule has 0 aromatic heterocycles. The summed E-state index contributed by atoms with van der Waals surface area (Å²) in [6.45, 7) is 5.26. The molecule has 0 aliphatic carbocycles. The summed E-state index contributed by atoms with van der Waals surface area (Å²) >= 11 is 3.44. The van der Waals surface area contributed by atoms with Crippen LogP contribution in [0.4, 0.5) is 5.69 Å². The van der Waals surface area contributed by atoms with Crippen molar-refractivity contribution in [3.63, 3.8) is 0 Å². The number of nitrogens with zero attached hydrogens (tertiary/aromatic N) is 2. The van der Waals surface area contributed by atoms with E-state index in [1.54, 1.807) is 67.6 Å². The summed E-state index contributed by atoms with van der Waals surface area (Å²) < 4.78 is 39.5. The molecule has 0 bridgehead atoms. The van der Waals surface area contributed by atoms with E-state index in [-0.39, 0.29) is 4.90 Å². The van der Waals surface area contributed by atoms with E-state index in [4.69, 9.17) is 9.47 Å². The highest BCUT2D eigenvalue weighted by Crippen LogP contribution is 2.36. The average molecular weight is 572 g/mol. The predicted octanol–water partition coefficient (Wildman–Crippen LogP) is 4.68. The quantitative estimate of drug-likeness (QED) is 0.205. The molecule has 0 atom stereocenters. The summed E-state index contributed by atoms with van der Waals surface area (Å²) in [4.78, 5) is 12.9. The average Bonchev–Trinajstić information content (AvgIpc) is 2.87. The van der Waals surface area contributed by atoms with Gasteiger partial charge in [0.05, 0.1) is 28.4 Å². The third-order valence-electron chi connectivity index (χ3n) is 5.00. The van der Waals surface area contributed by atoms with Crippen LogP contribution in [-0.4, -0.2) is 40.8 Å². The van der Waals surface area contributed by atoms with Crippen LogP contribution in [-0.2, 0) is 14.8 Å². The molecule has 0 spiro atoms. The van der Waals surface area contributed by atoms with Crippen molar-refractivity contribution in [3.8, 4) is 11.5 Å². The van der Waals surface area contributed by atoms with Gasteiger partial charge in [0.1, 0.15) is 13.2 Å². The number of anilines is 1. The van der Waals surface area contributed by atoms with E-state index < -0.39 is 22.5 Å². The maximum absolute atomic E-state index is 13.4. The Bertz CT molecular complexity index is 1360. The first kappa shape index (κ1) is 27.0. The molecule has 3 rings (SSSR count). The minimum Gasteiger partial charge on any atom is -0.493 e. The van der Waals surface area contributed by atoms with Crippen molar-refractivity contribution < 1.29 is 22.7 Å². The minimum atomic E-state index is -4.00. The van der Waals surface area contributed by atoms with E-state index in [1.165, 1.54) is 25.5 Å². The van der Waals surface area contributed by atoms with Crippen molar-refractivity contribution in [2.24, 2.45) is 5.10 Å². The number of amides is 1. The van der Waals surface area contributed by atoms with Gasteiger partial charge in [-0.15, -0.1) is 0 Å². The zero-order valence-electron chi connectivity index (χ0n) is 19.8. The molecule has 0 radical (unpaired) electrons. The van der Waals surface area contributed by atoms with Gasteiger partial charge in [0.25, 0.3) is 15.9 Å². The lowest BCUT2D eigenvalue weighted by atomic mass is 10.2. The summed E-state index contributed by atoms with van der Waals surface area (Å²) in [6.07, 6.45) is 3.04. The number of methoxy groups -OCH3 is 1. The van der Waals surface area contributed by atoms with Crippen molar-refractivity contribution >= 4 is 43.8 Å². The Morgan fingerprint density at radius 2 is 1.83 bits per heavy atom. The number of hydrogen-bond acceptors (Lipinski definition) is 6. The number of carbonyl (C=O) groups excluding carboxylic acids is 1. The second kappa shape index (κ2) is 12.4. The van der Waals surface area contributed by atoms with Crippen molar-refractivity contribution in [1.29, 1.82) is 0 Å². The Morgan fingerprint density at radius 3 is 2.50 bits per heavy atom. The molecule has 10 heteroatoms. The van der Waals surface area contributed by atoms with Crippen LogP contribution in [0.15, 0.2) is 93.9 Å². The molecule has 1 N–H and O–H groups in total. The van der Waals surface area contributed by atoms with Gasteiger partial charge in [-0.25, -0.2) is 13.8 Å². The SMILES string of the molecule is C=CCOc1c(Br)cc(/C=N\NC(=O)CN(c2ccccc2C)S(=O)(=O)c2ccccc2)cc1OC. The van der Waals surface area contributed by atoms with Gasteiger partial charge in [0, 0.05) is 0 Å². The van der Waals surface area contributed by atoms with Crippen LogP contribution in [0, 0.1) is 6.92 Å². The van der Waals surface area contributed by atoms with E-state index >= 15 is 0 Å². The van der Waals surface area contributed by atoms with E-state index in [0.717, 1.165) is 4.31 Å². The van der Waals surface area contributed by atoms with Crippen LogP contribution in [0.2, 0.25) is 0 Å². The van der Waals surface area contributed by atoms with Gasteiger partial charge < -0.3 is 9.47 Å². The Labute approximate surface area is 219 Å². The number of sulfonamides is 1. The summed E-state index contributed by atoms with van der Waals surface area (Å²) in [5.41, 5.74) is 4.15. The van der Waals surface area contributed by atoms with Crippen molar-refractivity contribution in [1.82, 2.24) is 5.43 Å². The number of nitrogens with one attached hydrogen (secondary N) is 1. The number of para-hydroxylation sites is 1. The smallest absolute Gasteiger partial charge is 0.264 e. The molecule has 0 aliphatic rings. The standard InChI is InChI=1S/C26H26BrN3O5S/c1-4-14-35-26-22(27)15-20(16-24(26)34-3)17-28-29-25(31)18-30(23-13-9-8-10-19(23)2)36(32,33)21-11-6-5-7-12-21/h4-13,15-17H,1,14,18H2,2-3H3,(H,29,31)/b28-17-. The van der Waals surface area contributed by atoms with E-state index in [1.807, 2.05) is 0 Å². The van der Waals surface area contributed by atoms with Crippen molar-refractivity contribution in [3.05, 3.63) is 95.0 Å². The maximum atomic E-state index is 13.4. The first-order chi connectivity index (χ1) is 17.3. The van der Waals surface area contributed by atoms with Crippen molar-refractivity contribution in [2.45, 2.75) is 11.8 Å². The second-order valence-electron chi connectivity index (χ2n) is 7.54. The number of rotatable bonds is 11. The second-order valence-corrected chi connectivity index (χ2v) is 10.3. The first-order valence-corrected chi connectivity index (χ1v) is 13.1. The van der Waals surface area contributed by atoms with Crippen LogP contribution < -0.4 is 19.2 Å². The predicted molar refractivity (Wildman–Crippen MR) is 144 cm³/mol. The zero-order chi connectivity index (χ0) is 26.1. The topological polar surface area (TPSA) is 97.3 Å². The molecule has 3 aromatic carbocycles. The number of carbonyl (C=O) groups is 1. The summed E-state index contributed by atoms with van der Waals surface area (Å²) in [7, 11) is -2.49. The molecule has 36 heavy (non-hydrogen) atoms. The van der Waals surface area contributed by atoms with Crippen LogP contribution in [0.3, 0.4) is 0 Å². The molecule has 1 amide bonds. The summed E-state index contributed by atoms with van der Waals surface area (Å²) in [5.74, 6) is 0.378. The van der Waals surface area contributed by atoms with Crippen LogP contribution in [0.5, 0.6) is 11.5 Å². The van der Waals surface area contributed by atoms with Gasteiger partial charge in [-0.2, -0.15) is 5.10 Å². The highest BCUT2D eigenvalue weighted by Gasteiger charge is 2.28. The molecular formula is C26H26BrN3O5S. The number of hydrazone groups is 1. The highest BCUT2D eigenvalue weighted by molar-refractivity contribution is 9.10. The minimum absolute atomic E-state index is 0.0836. The zero-order valence-corrected chi connectivity index (χ0v) is 22.3. The highest BCUT2D eigenvalue weighted by atomic mass is 79.9. The number of benzene rings is 3. The Balaban J connectivity index is 1.81. The molecule has 0 heterocycles. The fraction of sp³-hybridized carbons (Fsp3) is 0.154. The van der Waals surface area contributed by atoms with Gasteiger partial charge in [-0.3, -0.25) is 9.10 Å². The van der Waals surface area contributed by atoms with Crippen molar-refractivity contribution in [2.75, 3.05) is 24.6 Å².